The first-order valence-corrected chi connectivity index (χ1v) is 5.35. The molecule has 2 heteroatoms. The predicted molar refractivity (Wildman–Crippen MR) is 54.7 cm³/mol. The molecule has 1 aliphatic carbocycles. The van der Waals surface area contributed by atoms with Crippen molar-refractivity contribution < 1.29 is 4.79 Å². The Morgan fingerprint density at radius 1 is 1.46 bits per heavy atom. The first-order valence-electron chi connectivity index (χ1n) is 5.35. The Labute approximate surface area is 81.1 Å². The van der Waals surface area contributed by atoms with Crippen LogP contribution in [-0.2, 0) is 4.79 Å². The van der Waals surface area contributed by atoms with Gasteiger partial charge in [0.25, 0.3) is 0 Å². The molecule has 2 nitrogen and oxygen atoms in total. The topological polar surface area (TPSA) is 29.1 Å². The molecule has 76 valence electrons. The number of nitrogens with one attached hydrogen (secondary N) is 1. The van der Waals surface area contributed by atoms with Crippen molar-refractivity contribution in [3.63, 3.8) is 0 Å². The third-order valence-electron chi connectivity index (χ3n) is 2.97. The van der Waals surface area contributed by atoms with Gasteiger partial charge in [-0.15, -0.1) is 0 Å². The molecule has 0 spiro atoms. The van der Waals surface area contributed by atoms with E-state index >= 15 is 0 Å². The molecule has 2 unspecified atom stereocenters. The van der Waals surface area contributed by atoms with Crippen LogP contribution in [0.2, 0.25) is 0 Å². The highest BCUT2D eigenvalue weighted by Gasteiger charge is 2.30. The summed E-state index contributed by atoms with van der Waals surface area (Å²) in [4.78, 5) is 11.3. The molecule has 1 aliphatic rings. The molecule has 0 heterocycles. The lowest BCUT2D eigenvalue weighted by Crippen LogP contribution is -2.32. The van der Waals surface area contributed by atoms with Crippen molar-refractivity contribution in [2.75, 3.05) is 6.54 Å². The molecule has 0 aromatic heterocycles. The van der Waals surface area contributed by atoms with Gasteiger partial charge in [0.1, 0.15) is 5.78 Å². The first-order chi connectivity index (χ1) is 6.11. The Bertz CT molecular complexity index is 177. The molecule has 0 bridgehead atoms. The zero-order valence-electron chi connectivity index (χ0n) is 8.97. The average molecular weight is 183 g/mol. The lowest BCUT2D eigenvalue weighted by molar-refractivity contribution is -0.121. The molecule has 1 rings (SSSR count). The molecule has 1 fully saturated rings. The quantitative estimate of drug-likeness (QED) is 0.722. The summed E-state index contributed by atoms with van der Waals surface area (Å²) in [6.45, 7) is 7.05. The molecular weight excluding hydrogens is 162 g/mol. The normalized spacial score (nSPS) is 28.3. The van der Waals surface area contributed by atoms with Gasteiger partial charge in [-0.1, -0.05) is 20.3 Å². The van der Waals surface area contributed by atoms with Crippen LogP contribution in [0.3, 0.4) is 0 Å². The maximum atomic E-state index is 11.3. The van der Waals surface area contributed by atoms with Crippen molar-refractivity contribution in [2.24, 2.45) is 11.8 Å². The van der Waals surface area contributed by atoms with Crippen LogP contribution in [0, 0.1) is 11.8 Å². The second-order valence-corrected chi connectivity index (χ2v) is 4.47. The van der Waals surface area contributed by atoms with Gasteiger partial charge < -0.3 is 5.32 Å². The van der Waals surface area contributed by atoms with Gasteiger partial charge in [-0.2, -0.15) is 0 Å². The van der Waals surface area contributed by atoms with Gasteiger partial charge in [0, 0.05) is 12.0 Å². The minimum atomic E-state index is 0.339. The van der Waals surface area contributed by atoms with Crippen LogP contribution in [0.15, 0.2) is 0 Å². The number of carbonyl (C=O) groups is 1. The van der Waals surface area contributed by atoms with Crippen molar-refractivity contribution in [1.82, 2.24) is 5.32 Å². The molecule has 0 saturated heterocycles. The van der Waals surface area contributed by atoms with Gasteiger partial charge in [0.2, 0.25) is 0 Å². The summed E-state index contributed by atoms with van der Waals surface area (Å²) in [5.41, 5.74) is 0. The van der Waals surface area contributed by atoms with Crippen molar-refractivity contribution in [3.05, 3.63) is 0 Å². The highest BCUT2D eigenvalue weighted by Crippen LogP contribution is 2.31. The highest BCUT2D eigenvalue weighted by atomic mass is 16.1. The van der Waals surface area contributed by atoms with E-state index in [4.69, 9.17) is 0 Å². The summed E-state index contributed by atoms with van der Waals surface area (Å²) in [7, 11) is 0. The van der Waals surface area contributed by atoms with Crippen LogP contribution >= 0.6 is 0 Å². The smallest absolute Gasteiger partial charge is 0.133 e. The van der Waals surface area contributed by atoms with Crippen molar-refractivity contribution in [3.8, 4) is 0 Å². The van der Waals surface area contributed by atoms with Gasteiger partial charge in [0.05, 0.1) is 0 Å². The summed E-state index contributed by atoms with van der Waals surface area (Å²) in [6.07, 6.45) is 3.57. The van der Waals surface area contributed by atoms with Gasteiger partial charge >= 0.3 is 0 Å². The van der Waals surface area contributed by atoms with Crippen LogP contribution in [0.4, 0.5) is 0 Å². The van der Waals surface area contributed by atoms with Gasteiger partial charge in [0.15, 0.2) is 0 Å². The summed E-state index contributed by atoms with van der Waals surface area (Å²) >= 11 is 0. The fourth-order valence-corrected chi connectivity index (χ4v) is 2.20. The Morgan fingerprint density at radius 2 is 2.15 bits per heavy atom. The largest absolute Gasteiger partial charge is 0.314 e. The molecule has 0 aromatic rings. The van der Waals surface area contributed by atoms with E-state index in [0.717, 1.165) is 13.0 Å². The van der Waals surface area contributed by atoms with E-state index in [-0.39, 0.29) is 0 Å². The zero-order valence-corrected chi connectivity index (χ0v) is 8.97. The van der Waals surface area contributed by atoms with Crippen molar-refractivity contribution in [1.29, 1.82) is 0 Å². The number of carbonyl (C=O) groups excluding carboxylic acids is 1. The number of rotatable bonds is 4. The molecule has 0 aromatic carbocycles. The maximum absolute atomic E-state index is 11.3. The third-order valence-corrected chi connectivity index (χ3v) is 2.97. The maximum Gasteiger partial charge on any atom is 0.133 e. The number of hydrogen-bond acceptors (Lipinski definition) is 2. The van der Waals surface area contributed by atoms with E-state index < -0.39 is 0 Å². The zero-order chi connectivity index (χ0) is 9.84. The standard InChI is InChI=1S/C11H21NO/c1-8(2)12-7-10-5-4-6-11(10)9(3)13/h8,10-12H,4-7H2,1-3H3. The Hall–Kier alpha value is -0.370. The molecule has 0 amide bonds. The summed E-state index contributed by atoms with van der Waals surface area (Å²) in [5, 5.41) is 3.42. The number of hydrogen-bond donors (Lipinski definition) is 1. The average Bonchev–Trinajstić information content (AvgIpc) is 2.47. The lowest BCUT2D eigenvalue weighted by Gasteiger charge is -2.18. The highest BCUT2D eigenvalue weighted by molar-refractivity contribution is 5.78. The van der Waals surface area contributed by atoms with E-state index in [9.17, 15) is 4.79 Å². The molecule has 0 radical (unpaired) electrons. The summed E-state index contributed by atoms with van der Waals surface area (Å²) in [6, 6.07) is 0.535. The first kappa shape index (κ1) is 10.7. The SMILES string of the molecule is CC(=O)C1CCCC1CNC(C)C. The third kappa shape index (κ3) is 3.11. The van der Waals surface area contributed by atoms with Gasteiger partial charge in [-0.25, -0.2) is 0 Å². The molecule has 1 saturated carbocycles. The minimum absolute atomic E-state index is 0.339. The fraction of sp³-hybridized carbons (Fsp3) is 0.909. The van der Waals surface area contributed by atoms with E-state index in [2.05, 4.69) is 19.2 Å². The van der Waals surface area contributed by atoms with Crippen LogP contribution in [0.25, 0.3) is 0 Å². The van der Waals surface area contributed by atoms with E-state index in [1.165, 1.54) is 12.8 Å². The monoisotopic (exact) mass is 183 g/mol. The predicted octanol–water partition coefficient (Wildman–Crippen LogP) is 1.99. The van der Waals surface area contributed by atoms with Crippen molar-refractivity contribution in [2.45, 2.75) is 46.1 Å². The van der Waals surface area contributed by atoms with Crippen LogP contribution in [0.5, 0.6) is 0 Å². The van der Waals surface area contributed by atoms with E-state index in [1.807, 2.05) is 0 Å². The lowest BCUT2D eigenvalue weighted by atomic mass is 9.92. The summed E-state index contributed by atoms with van der Waals surface area (Å²) < 4.78 is 0. The van der Waals surface area contributed by atoms with Crippen LogP contribution in [-0.4, -0.2) is 18.4 Å². The number of ketones is 1. The summed E-state index contributed by atoms with van der Waals surface area (Å²) in [5.74, 6) is 1.32. The molecule has 2 atom stereocenters. The molecule has 0 aliphatic heterocycles. The van der Waals surface area contributed by atoms with Crippen molar-refractivity contribution >= 4 is 5.78 Å². The fourth-order valence-electron chi connectivity index (χ4n) is 2.20. The second-order valence-electron chi connectivity index (χ2n) is 4.47. The van der Waals surface area contributed by atoms with E-state index in [1.54, 1.807) is 6.92 Å². The second kappa shape index (κ2) is 4.75. The Morgan fingerprint density at radius 3 is 2.69 bits per heavy atom. The van der Waals surface area contributed by atoms with Gasteiger partial charge in [-0.3, -0.25) is 4.79 Å². The molecule has 1 N–H and O–H groups in total. The molecule has 13 heavy (non-hydrogen) atoms. The van der Waals surface area contributed by atoms with Gasteiger partial charge in [-0.05, 0) is 32.2 Å². The minimum Gasteiger partial charge on any atom is -0.314 e. The van der Waals surface area contributed by atoms with Crippen LogP contribution < -0.4 is 5.32 Å². The number of Topliss-reactive ketones (excluding diaryl/α,β-unsaturated/α-hetero) is 1. The Balaban J connectivity index is 2.35. The molecular formula is C11H21NO. The van der Waals surface area contributed by atoms with Crippen LogP contribution in [0.1, 0.15) is 40.0 Å². The van der Waals surface area contributed by atoms with E-state index in [0.29, 0.717) is 23.7 Å². The Kier molecular flexibility index (Phi) is 3.91.